The predicted molar refractivity (Wildman–Crippen MR) is 79.2 cm³/mol. The number of aryl methyl sites for hydroxylation is 1. The molecule has 0 bridgehead atoms. The summed E-state index contributed by atoms with van der Waals surface area (Å²) < 4.78 is 0. The molecule has 20 heavy (non-hydrogen) atoms. The molecule has 2 aromatic rings. The van der Waals surface area contributed by atoms with E-state index in [-0.39, 0.29) is 0 Å². The second-order valence-corrected chi connectivity index (χ2v) is 6.62. The molecule has 0 unspecified atom stereocenters. The summed E-state index contributed by atoms with van der Waals surface area (Å²) >= 11 is 1.49. The van der Waals surface area contributed by atoms with E-state index in [0.29, 0.717) is 5.56 Å². The van der Waals surface area contributed by atoms with Crippen molar-refractivity contribution in [3.8, 4) is 10.4 Å². The lowest BCUT2D eigenvalue weighted by molar-refractivity contribution is -0.0387. The smallest absolute Gasteiger partial charge is 0.337 e. The molecule has 3 nitrogen and oxygen atoms in total. The summed E-state index contributed by atoms with van der Waals surface area (Å²) in [6.07, 6.45) is 2.68. The number of thiophene rings is 1. The fraction of sp³-hybridized carbons (Fsp3) is 0.312. The standard InChI is InChI=1S/C16H16O3S/c1-10-9-13(15(17)18)14(20-10)11-3-5-12(6-4-11)16(19)7-2-8-16/h3-6,9,19H,2,7-8H2,1H3,(H,17,18). The Morgan fingerprint density at radius 3 is 2.40 bits per heavy atom. The summed E-state index contributed by atoms with van der Waals surface area (Å²) in [6.45, 7) is 1.91. The average Bonchev–Trinajstić information content (AvgIpc) is 2.78. The van der Waals surface area contributed by atoms with Gasteiger partial charge in [-0.25, -0.2) is 4.79 Å². The zero-order valence-electron chi connectivity index (χ0n) is 11.2. The molecular formula is C16H16O3S. The molecule has 2 N–H and O–H groups in total. The second-order valence-electron chi connectivity index (χ2n) is 5.37. The van der Waals surface area contributed by atoms with Crippen molar-refractivity contribution in [1.29, 1.82) is 0 Å². The number of carboxylic acids is 1. The lowest BCUT2D eigenvalue weighted by Crippen LogP contribution is -2.33. The molecule has 1 aromatic heterocycles. The average molecular weight is 288 g/mol. The first-order valence-corrected chi connectivity index (χ1v) is 7.48. The van der Waals surface area contributed by atoms with Crippen LogP contribution in [0.3, 0.4) is 0 Å². The highest BCUT2D eigenvalue weighted by Crippen LogP contribution is 2.42. The van der Waals surface area contributed by atoms with Gasteiger partial charge in [-0.1, -0.05) is 24.3 Å². The van der Waals surface area contributed by atoms with E-state index in [1.165, 1.54) is 11.3 Å². The van der Waals surface area contributed by atoms with Crippen LogP contribution in [0.5, 0.6) is 0 Å². The molecular weight excluding hydrogens is 272 g/mol. The number of carboxylic acid groups (broad SMARTS) is 1. The number of aromatic carboxylic acids is 1. The highest BCUT2D eigenvalue weighted by molar-refractivity contribution is 7.15. The van der Waals surface area contributed by atoms with Crippen LogP contribution in [0.15, 0.2) is 30.3 Å². The molecule has 0 saturated heterocycles. The van der Waals surface area contributed by atoms with E-state index in [1.54, 1.807) is 6.07 Å². The van der Waals surface area contributed by atoms with Gasteiger partial charge in [-0.05, 0) is 43.4 Å². The molecule has 1 saturated carbocycles. The first-order chi connectivity index (χ1) is 9.49. The van der Waals surface area contributed by atoms with Crippen LogP contribution in [0.4, 0.5) is 0 Å². The van der Waals surface area contributed by atoms with Gasteiger partial charge >= 0.3 is 5.97 Å². The van der Waals surface area contributed by atoms with Crippen LogP contribution in [0.1, 0.15) is 40.1 Å². The molecule has 1 fully saturated rings. The summed E-state index contributed by atoms with van der Waals surface area (Å²) in [5, 5.41) is 19.5. The topological polar surface area (TPSA) is 57.5 Å². The lowest BCUT2D eigenvalue weighted by Gasteiger charge is -2.37. The molecule has 1 aliphatic carbocycles. The maximum Gasteiger partial charge on any atom is 0.337 e. The number of benzene rings is 1. The molecule has 0 atom stereocenters. The lowest BCUT2D eigenvalue weighted by atomic mass is 9.75. The minimum Gasteiger partial charge on any atom is -0.478 e. The zero-order valence-corrected chi connectivity index (χ0v) is 12.0. The summed E-state index contributed by atoms with van der Waals surface area (Å²) in [4.78, 5) is 13.0. The molecule has 0 aliphatic heterocycles. The van der Waals surface area contributed by atoms with Gasteiger partial charge in [-0.3, -0.25) is 0 Å². The van der Waals surface area contributed by atoms with Crippen LogP contribution in [-0.4, -0.2) is 16.2 Å². The molecule has 0 radical (unpaired) electrons. The first kappa shape index (κ1) is 13.3. The third-order valence-electron chi connectivity index (χ3n) is 3.95. The first-order valence-electron chi connectivity index (χ1n) is 6.67. The fourth-order valence-electron chi connectivity index (χ4n) is 2.62. The van der Waals surface area contributed by atoms with Crippen LogP contribution >= 0.6 is 11.3 Å². The Labute approximate surface area is 121 Å². The summed E-state index contributed by atoms with van der Waals surface area (Å²) in [5.41, 5.74) is 1.51. The van der Waals surface area contributed by atoms with Crippen molar-refractivity contribution in [3.63, 3.8) is 0 Å². The number of aliphatic hydroxyl groups is 1. The quantitative estimate of drug-likeness (QED) is 0.903. The van der Waals surface area contributed by atoms with E-state index < -0.39 is 11.6 Å². The molecule has 1 heterocycles. The third-order valence-corrected chi connectivity index (χ3v) is 5.05. The fourth-order valence-corrected chi connectivity index (χ4v) is 3.63. The Morgan fingerprint density at radius 2 is 1.90 bits per heavy atom. The van der Waals surface area contributed by atoms with Crippen molar-refractivity contribution in [2.24, 2.45) is 0 Å². The number of carbonyl (C=O) groups is 1. The monoisotopic (exact) mass is 288 g/mol. The van der Waals surface area contributed by atoms with Crippen molar-refractivity contribution >= 4 is 17.3 Å². The van der Waals surface area contributed by atoms with Crippen LogP contribution in [0.2, 0.25) is 0 Å². The third kappa shape index (κ3) is 2.15. The van der Waals surface area contributed by atoms with Gasteiger partial charge in [0.2, 0.25) is 0 Å². The largest absolute Gasteiger partial charge is 0.478 e. The number of hydrogen-bond acceptors (Lipinski definition) is 3. The van der Waals surface area contributed by atoms with Gasteiger partial charge in [0.05, 0.1) is 11.2 Å². The summed E-state index contributed by atoms with van der Waals surface area (Å²) in [5.74, 6) is -0.897. The Morgan fingerprint density at radius 1 is 1.25 bits per heavy atom. The van der Waals surface area contributed by atoms with Crippen molar-refractivity contribution < 1.29 is 15.0 Å². The highest BCUT2D eigenvalue weighted by atomic mass is 32.1. The minimum atomic E-state index is -0.897. The van der Waals surface area contributed by atoms with Crippen LogP contribution in [0.25, 0.3) is 10.4 Å². The normalized spacial score (nSPS) is 16.7. The van der Waals surface area contributed by atoms with Crippen molar-refractivity contribution in [2.45, 2.75) is 31.8 Å². The van der Waals surface area contributed by atoms with Gasteiger partial charge in [-0.2, -0.15) is 0 Å². The summed E-state index contributed by atoms with van der Waals surface area (Å²) in [6, 6.07) is 9.34. The van der Waals surface area contributed by atoms with E-state index >= 15 is 0 Å². The van der Waals surface area contributed by atoms with E-state index in [4.69, 9.17) is 0 Å². The van der Waals surface area contributed by atoms with Gasteiger partial charge in [0, 0.05) is 9.75 Å². The van der Waals surface area contributed by atoms with E-state index in [2.05, 4.69) is 0 Å². The Kier molecular flexibility index (Phi) is 3.15. The van der Waals surface area contributed by atoms with E-state index in [0.717, 1.165) is 40.1 Å². The summed E-state index contributed by atoms with van der Waals surface area (Å²) in [7, 11) is 0. The zero-order chi connectivity index (χ0) is 14.3. The van der Waals surface area contributed by atoms with Crippen molar-refractivity contribution in [1.82, 2.24) is 0 Å². The van der Waals surface area contributed by atoms with Gasteiger partial charge in [-0.15, -0.1) is 11.3 Å². The molecule has 0 amide bonds. The van der Waals surface area contributed by atoms with Gasteiger partial charge in [0.25, 0.3) is 0 Å². The molecule has 1 aromatic carbocycles. The molecule has 1 aliphatic rings. The number of rotatable bonds is 3. The molecule has 3 rings (SSSR count). The van der Waals surface area contributed by atoms with E-state index in [9.17, 15) is 15.0 Å². The Bertz CT molecular complexity index is 651. The molecule has 0 spiro atoms. The van der Waals surface area contributed by atoms with Crippen molar-refractivity contribution in [2.75, 3.05) is 0 Å². The maximum absolute atomic E-state index is 11.3. The van der Waals surface area contributed by atoms with Gasteiger partial charge < -0.3 is 10.2 Å². The van der Waals surface area contributed by atoms with Gasteiger partial charge in [0.15, 0.2) is 0 Å². The number of hydrogen-bond donors (Lipinski definition) is 2. The Balaban J connectivity index is 1.97. The van der Waals surface area contributed by atoms with Crippen LogP contribution in [0, 0.1) is 6.92 Å². The highest BCUT2D eigenvalue weighted by Gasteiger charge is 2.36. The molecule has 104 valence electrons. The Hall–Kier alpha value is -1.65. The second kappa shape index (κ2) is 4.72. The van der Waals surface area contributed by atoms with E-state index in [1.807, 2.05) is 31.2 Å². The van der Waals surface area contributed by atoms with Crippen LogP contribution in [-0.2, 0) is 5.60 Å². The van der Waals surface area contributed by atoms with Gasteiger partial charge in [0.1, 0.15) is 0 Å². The maximum atomic E-state index is 11.3. The SMILES string of the molecule is Cc1cc(C(=O)O)c(-c2ccc(C3(O)CCC3)cc2)s1. The van der Waals surface area contributed by atoms with Crippen molar-refractivity contribution in [3.05, 3.63) is 46.3 Å². The predicted octanol–water partition coefficient (Wildman–Crippen LogP) is 3.79. The molecule has 4 heteroatoms. The minimum absolute atomic E-state index is 0.350. The van der Waals surface area contributed by atoms with Crippen LogP contribution < -0.4 is 0 Å².